The van der Waals surface area contributed by atoms with Gasteiger partial charge in [0.1, 0.15) is 5.15 Å². The number of aromatic nitrogens is 1. The fourth-order valence-electron chi connectivity index (χ4n) is 5.25. The molecule has 10 heteroatoms. The molecule has 5 nitrogen and oxygen atoms in total. The molecule has 0 atom stereocenters. The fraction of sp³-hybridized carbons (Fsp3) is 0.226. The summed E-state index contributed by atoms with van der Waals surface area (Å²) in [5, 5.41) is 13.9. The number of likely N-dealkylation sites (tertiary alicyclic amines) is 1. The van der Waals surface area contributed by atoms with Crippen LogP contribution >= 0.6 is 23.2 Å². The largest absolute Gasteiger partial charge is 0.751 e. The molecule has 0 N–H and O–H groups in total. The molecule has 0 aliphatic carbocycles. The summed E-state index contributed by atoms with van der Waals surface area (Å²) in [7, 11) is 0. The van der Waals surface area contributed by atoms with E-state index in [1.165, 1.54) is 24.4 Å². The van der Waals surface area contributed by atoms with E-state index < -0.39 is 23.6 Å². The number of nitrogens with zero attached hydrogens (tertiary/aromatic N) is 3. The molecule has 0 bridgehead atoms. The Balaban J connectivity index is 1.32. The summed E-state index contributed by atoms with van der Waals surface area (Å²) in [5.74, 6) is -1.55. The smallest absolute Gasteiger partial charge is 0.416 e. The van der Waals surface area contributed by atoms with Gasteiger partial charge in [0, 0.05) is 29.0 Å². The molecule has 2 heterocycles. The Labute approximate surface area is 245 Å². The van der Waals surface area contributed by atoms with Crippen molar-refractivity contribution >= 4 is 34.8 Å². The van der Waals surface area contributed by atoms with Crippen LogP contribution in [0.25, 0.3) is 11.1 Å². The molecule has 1 aliphatic rings. The standard InChI is InChI=1S/C31H25Cl2F3N3O2/c32-25-10-8-22(9-11-25)21-6-4-20(5-7-21)19-38-16-13-23(14-17-38)29-26(31(34,35)36)2-1-3-27(29)39(41)30(40)24-12-15-37-28(33)18-24/h1-12,15,18,23H,13-14,16-17,19H2/q-1. The lowest BCUT2D eigenvalue weighted by Gasteiger charge is -2.37. The van der Waals surface area contributed by atoms with Crippen LogP contribution in [0.5, 0.6) is 0 Å². The van der Waals surface area contributed by atoms with E-state index in [9.17, 15) is 23.2 Å². The van der Waals surface area contributed by atoms with Crippen molar-refractivity contribution in [2.75, 3.05) is 18.2 Å². The van der Waals surface area contributed by atoms with Gasteiger partial charge < -0.3 is 10.3 Å². The van der Waals surface area contributed by atoms with Gasteiger partial charge in [-0.1, -0.05) is 65.7 Å². The minimum absolute atomic E-state index is 0.000469. The predicted octanol–water partition coefficient (Wildman–Crippen LogP) is 8.60. The van der Waals surface area contributed by atoms with E-state index in [0.717, 1.165) is 28.8 Å². The number of carbonyl (C=O) groups is 1. The van der Waals surface area contributed by atoms with Crippen LogP contribution < -0.4 is 5.06 Å². The van der Waals surface area contributed by atoms with E-state index in [4.69, 9.17) is 23.2 Å². The topological polar surface area (TPSA) is 59.5 Å². The molecule has 1 amide bonds. The fourth-order valence-corrected chi connectivity index (χ4v) is 5.55. The maximum absolute atomic E-state index is 14.1. The van der Waals surface area contributed by atoms with Crippen molar-refractivity contribution in [3.63, 3.8) is 0 Å². The first kappa shape index (κ1) is 29.1. The molecule has 5 rings (SSSR count). The number of halogens is 5. The lowest BCUT2D eigenvalue weighted by molar-refractivity contribution is -0.138. The van der Waals surface area contributed by atoms with Gasteiger partial charge in [-0.05, 0) is 90.5 Å². The maximum Gasteiger partial charge on any atom is 0.416 e. The highest BCUT2D eigenvalue weighted by atomic mass is 35.5. The van der Waals surface area contributed by atoms with E-state index >= 15 is 0 Å². The minimum atomic E-state index is -4.68. The van der Waals surface area contributed by atoms with E-state index in [2.05, 4.69) is 9.88 Å². The monoisotopic (exact) mass is 598 g/mol. The summed E-state index contributed by atoms with van der Waals surface area (Å²) in [4.78, 5) is 18.9. The van der Waals surface area contributed by atoms with Gasteiger partial charge in [0.15, 0.2) is 0 Å². The second-order valence-corrected chi connectivity index (χ2v) is 10.8. The van der Waals surface area contributed by atoms with E-state index in [0.29, 0.717) is 37.5 Å². The van der Waals surface area contributed by atoms with Crippen LogP contribution in [0.2, 0.25) is 10.2 Å². The molecule has 212 valence electrons. The zero-order chi connectivity index (χ0) is 29.1. The number of hydroxylamine groups is 1. The van der Waals surface area contributed by atoms with Crippen LogP contribution in [0.1, 0.15) is 45.8 Å². The first-order chi connectivity index (χ1) is 19.6. The van der Waals surface area contributed by atoms with Gasteiger partial charge in [-0.25, -0.2) is 4.98 Å². The lowest BCUT2D eigenvalue weighted by Crippen LogP contribution is -2.34. The number of hydrogen-bond acceptors (Lipinski definition) is 4. The third-order valence-corrected chi connectivity index (χ3v) is 7.76. The summed E-state index contributed by atoms with van der Waals surface area (Å²) in [5.41, 5.74) is 1.81. The number of hydrogen-bond donors (Lipinski definition) is 0. The van der Waals surface area contributed by atoms with Gasteiger partial charge >= 0.3 is 6.18 Å². The van der Waals surface area contributed by atoms with E-state index in [1.807, 2.05) is 48.5 Å². The molecular formula is C31H25Cl2F3N3O2-. The number of amides is 1. The summed E-state index contributed by atoms with van der Waals surface area (Å²) >= 11 is 11.8. The molecule has 1 saturated heterocycles. The molecule has 1 fully saturated rings. The Bertz CT molecular complexity index is 1520. The number of rotatable bonds is 6. The maximum atomic E-state index is 14.1. The SMILES string of the molecule is O=C(c1ccnc(Cl)c1)N([O-])c1cccc(C(F)(F)F)c1C1CCN(Cc2ccc(-c3ccc(Cl)cc3)cc2)CC1. The van der Waals surface area contributed by atoms with Gasteiger partial charge in [0.2, 0.25) is 5.91 Å². The Morgan fingerprint density at radius 2 is 1.59 bits per heavy atom. The quantitative estimate of drug-likeness (QED) is 0.165. The summed E-state index contributed by atoms with van der Waals surface area (Å²) < 4.78 is 42.3. The van der Waals surface area contributed by atoms with Crippen LogP contribution in [0.3, 0.4) is 0 Å². The highest BCUT2D eigenvalue weighted by molar-refractivity contribution is 6.30. The number of benzene rings is 3. The van der Waals surface area contributed by atoms with Crippen LogP contribution in [-0.4, -0.2) is 28.9 Å². The Morgan fingerprint density at radius 1 is 0.951 bits per heavy atom. The third kappa shape index (κ3) is 6.73. The van der Waals surface area contributed by atoms with Gasteiger partial charge in [0.05, 0.1) is 5.56 Å². The average molecular weight is 599 g/mol. The first-order valence-corrected chi connectivity index (χ1v) is 13.8. The minimum Gasteiger partial charge on any atom is -0.751 e. The van der Waals surface area contributed by atoms with Crippen LogP contribution in [0.15, 0.2) is 85.1 Å². The number of carbonyl (C=O) groups excluding carboxylic acids is 1. The number of pyridine rings is 1. The molecule has 4 aromatic rings. The number of alkyl halides is 3. The zero-order valence-corrected chi connectivity index (χ0v) is 23.3. The average Bonchev–Trinajstić information content (AvgIpc) is 2.97. The number of piperidine rings is 1. The second-order valence-electron chi connectivity index (χ2n) is 9.96. The molecule has 0 radical (unpaired) electrons. The van der Waals surface area contributed by atoms with Crippen LogP contribution in [0.4, 0.5) is 18.9 Å². The summed E-state index contributed by atoms with van der Waals surface area (Å²) in [6, 6.07) is 21.6. The van der Waals surface area contributed by atoms with E-state index in [1.54, 1.807) is 0 Å². The molecule has 1 aliphatic heterocycles. The normalized spacial score (nSPS) is 14.7. The molecule has 3 aromatic carbocycles. The molecule has 0 spiro atoms. The highest BCUT2D eigenvalue weighted by Crippen LogP contribution is 2.44. The van der Waals surface area contributed by atoms with Crippen LogP contribution in [-0.2, 0) is 12.7 Å². The van der Waals surface area contributed by atoms with Crippen molar-refractivity contribution in [1.82, 2.24) is 9.88 Å². The number of anilines is 1. The van der Waals surface area contributed by atoms with Crippen LogP contribution in [0, 0.1) is 5.21 Å². The van der Waals surface area contributed by atoms with Crippen molar-refractivity contribution in [2.24, 2.45) is 0 Å². The zero-order valence-electron chi connectivity index (χ0n) is 21.7. The molecule has 0 unspecified atom stereocenters. The highest BCUT2D eigenvalue weighted by Gasteiger charge is 2.38. The van der Waals surface area contributed by atoms with E-state index in [-0.39, 0.29) is 27.0 Å². The van der Waals surface area contributed by atoms with Crippen molar-refractivity contribution in [1.29, 1.82) is 0 Å². The lowest BCUT2D eigenvalue weighted by atomic mass is 9.84. The van der Waals surface area contributed by atoms with Gasteiger partial charge in [-0.3, -0.25) is 9.69 Å². The van der Waals surface area contributed by atoms with Gasteiger partial charge in [-0.2, -0.15) is 13.2 Å². The van der Waals surface area contributed by atoms with Crippen molar-refractivity contribution in [3.05, 3.63) is 123 Å². The van der Waals surface area contributed by atoms with Gasteiger partial charge in [-0.15, -0.1) is 0 Å². The predicted molar refractivity (Wildman–Crippen MR) is 155 cm³/mol. The van der Waals surface area contributed by atoms with Gasteiger partial charge in [0.25, 0.3) is 0 Å². The van der Waals surface area contributed by atoms with Crippen molar-refractivity contribution in [2.45, 2.75) is 31.5 Å². The molecule has 41 heavy (non-hydrogen) atoms. The Morgan fingerprint density at radius 3 is 2.20 bits per heavy atom. The summed E-state index contributed by atoms with van der Waals surface area (Å²) in [6.07, 6.45) is -2.60. The molecular weight excluding hydrogens is 574 g/mol. The Hall–Kier alpha value is -3.43. The van der Waals surface area contributed by atoms with Crippen molar-refractivity contribution < 1.29 is 18.0 Å². The molecule has 0 saturated carbocycles. The Kier molecular flexibility index (Phi) is 8.66. The summed E-state index contributed by atoms with van der Waals surface area (Å²) in [6.45, 7) is 1.74. The van der Waals surface area contributed by atoms with Crippen molar-refractivity contribution in [3.8, 4) is 11.1 Å². The second kappa shape index (κ2) is 12.2. The molecule has 1 aromatic heterocycles. The third-order valence-electron chi connectivity index (χ3n) is 7.30. The first-order valence-electron chi connectivity index (χ1n) is 13.0.